The van der Waals surface area contributed by atoms with Gasteiger partial charge >= 0.3 is 29.6 Å². The first kappa shape index (κ1) is 10.9. The molecule has 0 amide bonds. The zero-order chi connectivity index (χ0) is 6.53. The number of hydrogen-bond acceptors (Lipinski definition) is 2. The van der Waals surface area contributed by atoms with Crippen LogP contribution in [0, 0.1) is 0 Å². The molecule has 1 aliphatic rings. The molecule has 1 heterocycles. The Labute approximate surface area is 83.7 Å². The van der Waals surface area contributed by atoms with Gasteiger partial charge in [-0.3, -0.25) is 0 Å². The summed E-state index contributed by atoms with van der Waals surface area (Å²) >= 11 is 0. The molecule has 0 aromatic heterocycles. The van der Waals surface area contributed by atoms with Crippen LogP contribution in [0.5, 0.6) is 0 Å². The van der Waals surface area contributed by atoms with Crippen LogP contribution in [0.3, 0.4) is 0 Å². The minimum Gasteiger partial charge on any atom is -0.658 e. The van der Waals surface area contributed by atoms with Gasteiger partial charge in [0.2, 0.25) is 0 Å². The summed E-state index contributed by atoms with van der Waals surface area (Å²) in [6, 6.07) is 0. The standard InChI is InChI=1S/C6H12NO2.Na/c1-8-5-6-4-7-2-3-9-6;/h6H,2-5H2,1H3;/q-1;+1. The molecule has 10 heavy (non-hydrogen) atoms. The summed E-state index contributed by atoms with van der Waals surface area (Å²) in [6.45, 7) is 3.07. The molecule has 0 spiro atoms. The van der Waals surface area contributed by atoms with Crippen molar-refractivity contribution < 1.29 is 39.0 Å². The first-order valence-corrected chi connectivity index (χ1v) is 3.17. The van der Waals surface area contributed by atoms with Gasteiger partial charge in [-0.1, -0.05) is 0 Å². The zero-order valence-corrected chi connectivity index (χ0v) is 8.67. The van der Waals surface area contributed by atoms with Gasteiger partial charge in [-0.2, -0.15) is 0 Å². The summed E-state index contributed by atoms with van der Waals surface area (Å²) < 4.78 is 10.2. The van der Waals surface area contributed by atoms with Crippen molar-refractivity contribution >= 4 is 0 Å². The number of methoxy groups -OCH3 is 1. The maximum atomic E-state index is 5.30. The summed E-state index contributed by atoms with van der Waals surface area (Å²) in [5.74, 6) is 0. The number of nitrogens with zero attached hydrogens (tertiary/aromatic N) is 1. The van der Waals surface area contributed by atoms with E-state index >= 15 is 0 Å². The molecule has 1 aliphatic heterocycles. The third-order valence-electron chi connectivity index (χ3n) is 1.29. The molecule has 1 atom stereocenters. The van der Waals surface area contributed by atoms with E-state index in [0.29, 0.717) is 6.61 Å². The van der Waals surface area contributed by atoms with Crippen LogP contribution in [0.4, 0.5) is 0 Å². The molecule has 3 nitrogen and oxygen atoms in total. The van der Waals surface area contributed by atoms with Crippen molar-refractivity contribution in [2.24, 2.45) is 0 Å². The Bertz CT molecular complexity index is 73.4. The normalized spacial score (nSPS) is 25.5. The van der Waals surface area contributed by atoms with Crippen molar-refractivity contribution in [3.05, 3.63) is 5.32 Å². The topological polar surface area (TPSA) is 32.6 Å². The van der Waals surface area contributed by atoms with Gasteiger partial charge in [-0.25, -0.2) is 0 Å². The van der Waals surface area contributed by atoms with Crippen molar-refractivity contribution in [3.63, 3.8) is 0 Å². The zero-order valence-electron chi connectivity index (χ0n) is 6.67. The molecule has 0 aromatic carbocycles. The summed E-state index contributed by atoms with van der Waals surface area (Å²) in [5, 5.41) is 4.17. The fourth-order valence-electron chi connectivity index (χ4n) is 0.859. The molecule has 0 aromatic rings. The maximum Gasteiger partial charge on any atom is 1.00 e. The Morgan fingerprint density at radius 1 is 1.70 bits per heavy atom. The van der Waals surface area contributed by atoms with Crippen LogP contribution in [0.2, 0.25) is 0 Å². The van der Waals surface area contributed by atoms with Crippen molar-refractivity contribution in [1.29, 1.82) is 0 Å². The number of morpholine rings is 1. The van der Waals surface area contributed by atoms with Crippen LogP contribution in [0.25, 0.3) is 5.32 Å². The largest absolute Gasteiger partial charge is 1.00 e. The molecule has 54 valence electrons. The van der Waals surface area contributed by atoms with Gasteiger partial charge in [-0.15, -0.1) is 13.1 Å². The van der Waals surface area contributed by atoms with Crippen LogP contribution in [0.1, 0.15) is 0 Å². The Morgan fingerprint density at radius 2 is 2.50 bits per heavy atom. The van der Waals surface area contributed by atoms with Crippen LogP contribution in [-0.2, 0) is 9.47 Å². The SMILES string of the molecule is COCC1C[N-]CCO1.[Na+]. The predicted octanol–water partition coefficient (Wildman–Crippen LogP) is -2.59. The number of ether oxygens (including phenoxy) is 2. The van der Waals surface area contributed by atoms with Crippen LogP contribution in [-0.4, -0.2) is 39.5 Å². The van der Waals surface area contributed by atoms with E-state index in [9.17, 15) is 0 Å². The molecular weight excluding hydrogens is 141 g/mol. The smallest absolute Gasteiger partial charge is 0.658 e. The third-order valence-corrected chi connectivity index (χ3v) is 1.29. The van der Waals surface area contributed by atoms with E-state index in [4.69, 9.17) is 9.47 Å². The minimum atomic E-state index is 0. The van der Waals surface area contributed by atoms with Crippen LogP contribution in [0.15, 0.2) is 0 Å². The van der Waals surface area contributed by atoms with E-state index in [1.807, 2.05) is 0 Å². The molecule has 0 bridgehead atoms. The molecular formula is C6H12NNaO2. The third kappa shape index (κ3) is 3.91. The van der Waals surface area contributed by atoms with E-state index in [-0.39, 0.29) is 35.7 Å². The summed E-state index contributed by atoms with van der Waals surface area (Å²) in [5.41, 5.74) is 0. The average Bonchev–Trinajstić information content (AvgIpc) is 1.91. The van der Waals surface area contributed by atoms with E-state index in [1.54, 1.807) is 7.11 Å². The van der Waals surface area contributed by atoms with E-state index in [1.165, 1.54) is 0 Å². The van der Waals surface area contributed by atoms with Crippen molar-refractivity contribution in [2.45, 2.75) is 6.10 Å². The summed E-state index contributed by atoms with van der Waals surface area (Å²) in [4.78, 5) is 0. The molecule has 1 saturated heterocycles. The second kappa shape index (κ2) is 6.58. The molecule has 0 radical (unpaired) electrons. The predicted molar refractivity (Wildman–Crippen MR) is 34.7 cm³/mol. The molecule has 0 saturated carbocycles. The van der Waals surface area contributed by atoms with E-state index in [0.717, 1.165) is 19.7 Å². The van der Waals surface area contributed by atoms with Gasteiger partial charge in [0.1, 0.15) is 0 Å². The summed E-state index contributed by atoms with van der Waals surface area (Å²) in [6.07, 6.45) is 0.212. The average molecular weight is 153 g/mol. The number of hydrogen-bond donors (Lipinski definition) is 0. The van der Waals surface area contributed by atoms with E-state index < -0.39 is 0 Å². The summed E-state index contributed by atoms with van der Waals surface area (Å²) in [7, 11) is 1.68. The molecule has 1 fully saturated rings. The van der Waals surface area contributed by atoms with Gasteiger partial charge in [0.05, 0.1) is 12.7 Å². The molecule has 0 N–H and O–H groups in total. The molecule has 4 heteroatoms. The Hall–Kier alpha value is 0.880. The Kier molecular flexibility index (Phi) is 7.16. The molecule has 0 aliphatic carbocycles. The van der Waals surface area contributed by atoms with Gasteiger partial charge in [0, 0.05) is 13.7 Å². The second-order valence-electron chi connectivity index (χ2n) is 2.08. The fourth-order valence-corrected chi connectivity index (χ4v) is 0.859. The first-order chi connectivity index (χ1) is 4.43. The number of rotatable bonds is 2. The molecule has 1 rings (SSSR count). The Morgan fingerprint density at radius 3 is 3.00 bits per heavy atom. The quantitative estimate of drug-likeness (QED) is 0.408. The van der Waals surface area contributed by atoms with E-state index in [2.05, 4.69) is 5.32 Å². The van der Waals surface area contributed by atoms with Crippen molar-refractivity contribution in [2.75, 3.05) is 33.4 Å². The van der Waals surface area contributed by atoms with Gasteiger partial charge < -0.3 is 14.8 Å². The first-order valence-electron chi connectivity index (χ1n) is 3.17. The monoisotopic (exact) mass is 153 g/mol. The van der Waals surface area contributed by atoms with Crippen LogP contribution < -0.4 is 29.6 Å². The Balaban J connectivity index is 0.000000810. The van der Waals surface area contributed by atoms with Gasteiger partial charge in [0.15, 0.2) is 0 Å². The van der Waals surface area contributed by atoms with Crippen LogP contribution >= 0.6 is 0 Å². The molecule has 1 unspecified atom stereocenters. The maximum absolute atomic E-state index is 5.30. The van der Waals surface area contributed by atoms with Gasteiger partial charge in [0.25, 0.3) is 0 Å². The van der Waals surface area contributed by atoms with Gasteiger partial charge in [-0.05, 0) is 0 Å². The second-order valence-corrected chi connectivity index (χ2v) is 2.08. The minimum absolute atomic E-state index is 0. The van der Waals surface area contributed by atoms with Crippen molar-refractivity contribution in [1.82, 2.24) is 0 Å². The fraction of sp³-hybridized carbons (Fsp3) is 1.00. The van der Waals surface area contributed by atoms with Crippen molar-refractivity contribution in [3.8, 4) is 0 Å².